The Morgan fingerprint density at radius 3 is 2.67 bits per heavy atom. The van der Waals surface area contributed by atoms with Crippen molar-refractivity contribution in [3.05, 3.63) is 74.2 Å². The highest BCUT2D eigenvalue weighted by molar-refractivity contribution is 14.1. The summed E-state index contributed by atoms with van der Waals surface area (Å²) in [6, 6.07) is 12.7. The predicted molar refractivity (Wildman–Crippen MR) is 95.7 cm³/mol. The maximum atomic E-state index is 12.2. The summed E-state index contributed by atoms with van der Waals surface area (Å²) in [6.07, 6.45) is 1.62. The van der Waals surface area contributed by atoms with Gasteiger partial charge in [0.15, 0.2) is 5.76 Å². The molecule has 0 saturated heterocycles. The highest BCUT2D eigenvalue weighted by atomic mass is 127. The van der Waals surface area contributed by atoms with Gasteiger partial charge in [0.25, 0.3) is 11.6 Å². The summed E-state index contributed by atoms with van der Waals surface area (Å²) in [6.45, 7) is 0. The SMILES string of the molecule is O=C(Nc1ccc(I)cn1)c1ccc(-c2ccccc2[N+](=O)[O-])o1. The van der Waals surface area contributed by atoms with Crippen molar-refractivity contribution in [2.24, 2.45) is 0 Å². The second-order valence-electron chi connectivity index (χ2n) is 4.75. The Morgan fingerprint density at radius 2 is 1.96 bits per heavy atom. The van der Waals surface area contributed by atoms with Crippen molar-refractivity contribution in [3.8, 4) is 11.3 Å². The molecule has 0 saturated carbocycles. The number of nitro groups is 1. The van der Waals surface area contributed by atoms with E-state index >= 15 is 0 Å². The number of nitrogens with one attached hydrogen (secondary N) is 1. The van der Waals surface area contributed by atoms with Crippen LogP contribution in [0, 0.1) is 13.7 Å². The summed E-state index contributed by atoms with van der Waals surface area (Å²) in [7, 11) is 0. The molecule has 3 aromatic rings. The number of rotatable bonds is 4. The number of hydrogen-bond donors (Lipinski definition) is 1. The van der Waals surface area contributed by atoms with E-state index in [1.54, 1.807) is 30.5 Å². The van der Waals surface area contributed by atoms with Crippen LogP contribution in [-0.4, -0.2) is 15.8 Å². The van der Waals surface area contributed by atoms with Crippen LogP contribution in [0.1, 0.15) is 10.6 Å². The van der Waals surface area contributed by atoms with Gasteiger partial charge in [-0.05, 0) is 52.9 Å². The van der Waals surface area contributed by atoms with Crippen LogP contribution in [0.4, 0.5) is 11.5 Å². The second kappa shape index (κ2) is 6.79. The van der Waals surface area contributed by atoms with Crippen molar-refractivity contribution in [1.29, 1.82) is 0 Å². The van der Waals surface area contributed by atoms with Crippen LogP contribution < -0.4 is 5.32 Å². The lowest BCUT2D eigenvalue weighted by Gasteiger charge is -2.02. The molecule has 0 aliphatic rings. The summed E-state index contributed by atoms with van der Waals surface area (Å²) < 4.78 is 6.42. The van der Waals surface area contributed by atoms with Gasteiger partial charge in [-0.2, -0.15) is 0 Å². The normalized spacial score (nSPS) is 10.4. The standard InChI is InChI=1S/C16H10IN3O4/c17-10-5-8-15(18-9-10)19-16(21)14-7-6-13(24-14)11-3-1-2-4-12(11)20(22)23/h1-9H,(H,18,19,21). The molecule has 0 fully saturated rings. The molecule has 0 aliphatic heterocycles. The number of benzene rings is 1. The number of nitrogens with zero attached hydrogens (tertiary/aromatic N) is 2. The van der Waals surface area contributed by atoms with Gasteiger partial charge in [-0.15, -0.1) is 0 Å². The smallest absolute Gasteiger partial charge is 0.292 e. The third-order valence-electron chi connectivity index (χ3n) is 3.16. The molecule has 8 heteroatoms. The summed E-state index contributed by atoms with van der Waals surface area (Å²) in [5, 5.41) is 13.7. The molecule has 0 aliphatic carbocycles. The lowest BCUT2D eigenvalue weighted by molar-refractivity contribution is -0.384. The van der Waals surface area contributed by atoms with E-state index in [0.717, 1.165) is 3.57 Å². The van der Waals surface area contributed by atoms with Gasteiger partial charge in [-0.25, -0.2) is 4.98 Å². The zero-order valence-corrected chi connectivity index (χ0v) is 14.3. The van der Waals surface area contributed by atoms with Crippen LogP contribution in [0.5, 0.6) is 0 Å². The number of hydrogen-bond acceptors (Lipinski definition) is 5. The Morgan fingerprint density at radius 1 is 1.17 bits per heavy atom. The minimum atomic E-state index is -0.493. The largest absolute Gasteiger partial charge is 0.451 e. The van der Waals surface area contributed by atoms with E-state index in [9.17, 15) is 14.9 Å². The molecular weight excluding hydrogens is 425 g/mol. The minimum absolute atomic E-state index is 0.0449. The molecule has 1 amide bonds. The molecule has 1 aromatic carbocycles. The maximum Gasteiger partial charge on any atom is 0.292 e. The second-order valence-corrected chi connectivity index (χ2v) is 6.00. The first kappa shape index (κ1) is 16.1. The summed E-state index contributed by atoms with van der Waals surface area (Å²) in [4.78, 5) is 26.8. The van der Waals surface area contributed by atoms with Gasteiger partial charge in [0, 0.05) is 15.8 Å². The van der Waals surface area contributed by atoms with Crippen molar-refractivity contribution in [2.75, 3.05) is 5.32 Å². The molecule has 7 nitrogen and oxygen atoms in total. The summed E-state index contributed by atoms with van der Waals surface area (Å²) in [5.74, 6) is 0.212. The average Bonchev–Trinajstić information content (AvgIpc) is 3.07. The number of amides is 1. The number of pyridine rings is 1. The molecule has 0 radical (unpaired) electrons. The fourth-order valence-corrected chi connectivity index (χ4v) is 2.39. The van der Waals surface area contributed by atoms with Crippen LogP contribution in [0.25, 0.3) is 11.3 Å². The highest BCUT2D eigenvalue weighted by Crippen LogP contribution is 2.30. The molecule has 24 heavy (non-hydrogen) atoms. The van der Waals surface area contributed by atoms with Crippen LogP contribution in [0.2, 0.25) is 0 Å². The Bertz CT molecular complexity index is 906. The Hall–Kier alpha value is -2.75. The first-order valence-electron chi connectivity index (χ1n) is 6.81. The van der Waals surface area contributed by atoms with E-state index < -0.39 is 10.8 Å². The van der Waals surface area contributed by atoms with Crippen molar-refractivity contribution < 1.29 is 14.1 Å². The molecule has 3 rings (SSSR count). The number of para-hydroxylation sites is 1. The monoisotopic (exact) mass is 435 g/mol. The van der Waals surface area contributed by atoms with Gasteiger partial charge in [-0.1, -0.05) is 12.1 Å². The van der Waals surface area contributed by atoms with E-state index in [0.29, 0.717) is 11.4 Å². The number of nitro benzene ring substituents is 1. The number of aromatic nitrogens is 1. The van der Waals surface area contributed by atoms with Crippen molar-refractivity contribution in [1.82, 2.24) is 4.98 Å². The minimum Gasteiger partial charge on any atom is -0.451 e. The van der Waals surface area contributed by atoms with E-state index in [2.05, 4.69) is 32.9 Å². The number of halogens is 1. The first-order valence-corrected chi connectivity index (χ1v) is 7.89. The van der Waals surface area contributed by atoms with Crippen LogP contribution in [0.3, 0.4) is 0 Å². The lowest BCUT2D eigenvalue weighted by atomic mass is 10.1. The van der Waals surface area contributed by atoms with E-state index in [1.807, 2.05) is 6.07 Å². The quantitative estimate of drug-likeness (QED) is 0.378. The van der Waals surface area contributed by atoms with E-state index in [-0.39, 0.29) is 17.2 Å². The Labute approximate surface area is 150 Å². The molecule has 2 heterocycles. The van der Waals surface area contributed by atoms with Crippen LogP contribution in [0.15, 0.2) is 59.1 Å². The fraction of sp³-hybridized carbons (Fsp3) is 0. The van der Waals surface area contributed by atoms with E-state index in [1.165, 1.54) is 18.2 Å². The molecular formula is C16H10IN3O4. The summed E-state index contributed by atoms with van der Waals surface area (Å²) >= 11 is 2.11. The third-order valence-corrected chi connectivity index (χ3v) is 3.80. The molecule has 0 spiro atoms. The van der Waals surface area contributed by atoms with Crippen molar-refractivity contribution in [3.63, 3.8) is 0 Å². The molecule has 0 atom stereocenters. The number of carbonyl (C=O) groups excluding carboxylic acids is 1. The van der Waals surface area contributed by atoms with Gasteiger partial charge in [0.1, 0.15) is 11.6 Å². The van der Waals surface area contributed by atoms with Gasteiger partial charge in [0.2, 0.25) is 0 Å². The van der Waals surface area contributed by atoms with Crippen LogP contribution >= 0.6 is 22.6 Å². The zero-order valence-electron chi connectivity index (χ0n) is 12.1. The Kier molecular flexibility index (Phi) is 4.56. The molecule has 120 valence electrons. The van der Waals surface area contributed by atoms with Gasteiger partial charge in [0.05, 0.1) is 10.5 Å². The summed E-state index contributed by atoms with van der Waals surface area (Å²) in [5.41, 5.74) is 0.229. The number of anilines is 1. The number of carbonyl (C=O) groups is 1. The lowest BCUT2D eigenvalue weighted by Crippen LogP contribution is -2.11. The van der Waals surface area contributed by atoms with Gasteiger partial charge in [-0.3, -0.25) is 14.9 Å². The van der Waals surface area contributed by atoms with Crippen molar-refractivity contribution in [2.45, 2.75) is 0 Å². The highest BCUT2D eigenvalue weighted by Gasteiger charge is 2.19. The number of furan rings is 1. The fourth-order valence-electron chi connectivity index (χ4n) is 2.07. The molecule has 0 bridgehead atoms. The van der Waals surface area contributed by atoms with Gasteiger partial charge < -0.3 is 9.73 Å². The average molecular weight is 435 g/mol. The first-order chi connectivity index (χ1) is 11.5. The molecule has 1 N–H and O–H groups in total. The molecule has 2 aromatic heterocycles. The van der Waals surface area contributed by atoms with Crippen LogP contribution in [-0.2, 0) is 0 Å². The third kappa shape index (κ3) is 3.43. The zero-order chi connectivity index (χ0) is 17.1. The predicted octanol–water partition coefficient (Wildman–Crippen LogP) is 4.11. The van der Waals surface area contributed by atoms with Gasteiger partial charge >= 0.3 is 0 Å². The van der Waals surface area contributed by atoms with Crippen molar-refractivity contribution >= 4 is 40.0 Å². The topological polar surface area (TPSA) is 98.3 Å². The Balaban J connectivity index is 1.84. The maximum absolute atomic E-state index is 12.2. The molecule has 0 unspecified atom stereocenters. The van der Waals surface area contributed by atoms with E-state index in [4.69, 9.17) is 4.42 Å².